The van der Waals surface area contributed by atoms with E-state index in [9.17, 15) is 4.79 Å². The van der Waals surface area contributed by atoms with E-state index in [4.69, 9.17) is 0 Å². The molecular weight excluding hydrogens is 240 g/mol. The Labute approximate surface area is 112 Å². The van der Waals surface area contributed by atoms with Crippen LogP contribution in [0.4, 0.5) is 0 Å². The van der Waals surface area contributed by atoms with Crippen LogP contribution in [-0.2, 0) is 4.79 Å². The van der Waals surface area contributed by atoms with Gasteiger partial charge in [0, 0.05) is 12.7 Å². The number of carbonyl (C=O) groups excluding carboxylic acids is 1. The van der Waals surface area contributed by atoms with E-state index in [1.54, 1.807) is 6.92 Å². The molecule has 0 unspecified atom stereocenters. The van der Waals surface area contributed by atoms with Crippen LogP contribution < -0.4 is 0 Å². The predicted octanol–water partition coefficient (Wildman–Crippen LogP) is 4.44. The minimum absolute atomic E-state index is 0.161. The molecule has 1 nitrogen and oxygen atoms in total. The van der Waals surface area contributed by atoms with Crippen molar-refractivity contribution in [2.75, 3.05) is 5.75 Å². The first-order chi connectivity index (χ1) is 8.68. The number of benzene rings is 2. The number of hydrogen-bond acceptors (Lipinski definition) is 2. The summed E-state index contributed by atoms with van der Waals surface area (Å²) in [6.07, 6.45) is 4.14. The SMILES string of the molecule is CC(=O)SCC=Cc1ccc(C)c2ccccc12. The van der Waals surface area contributed by atoms with Gasteiger partial charge in [0.25, 0.3) is 0 Å². The number of rotatable bonds is 3. The zero-order valence-electron chi connectivity index (χ0n) is 10.6. The number of carbonyl (C=O) groups is 1. The molecule has 0 aromatic heterocycles. The number of hydrogen-bond donors (Lipinski definition) is 0. The van der Waals surface area contributed by atoms with E-state index in [0.717, 1.165) is 5.75 Å². The maximum atomic E-state index is 10.8. The second-order valence-corrected chi connectivity index (χ2v) is 5.42. The Bertz CT molecular complexity index is 599. The molecule has 18 heavy (non-hydrogen) atoms. The molecule has 0 saturated heterocycles. The molecule has 0 radical (unpaired) electrons. The van der Waals surface area contributed by atoms with Gasteiger partial charge in [-0.2, -0.15) is 0 Å². The first kappa shape index (κ1) is 12.9. The molecule has 0 saturated carbocycles. The highest BCUT2D eigenvalue weighted by molar-refractivity contribution is 8.13. The number of thioether (sulfide) groups is 1. The molecule has 92 valence electrons. The van der Waals surface area contributed by atoms with Gasteiger partial charge >= 0.3 is 0 Å². The van der Waals surface area contributed by atoms with Crippen molar-refractivity contribution in [3.8, 4) is 0 Å². The van der Waals surface area contributed by atoms with Crippen LogP contribution in [0.5, 0.6) is 0 Å². The first-order valence-electron chi connectivity index (χ1n) is 5.97. The molecule has 0 spiro atoms. The summed E-state index contributed by atoms with van der Waals surface area (Å²) in [6.45, 7) is 3.72. The van der Waals surface area contributed by atoms with E-state index >= 15 is 0 Å². The van der Waals surface area contributed by atoms with Crippen molar-refractivity contribution in [1.29, 1.82) is 0 Å². The monoisotopic (exact) mass is 256 g/mol. The summed E-state index contributed by atoms with van der Waals surface area (Å²) in [4.78, 5) is 10.8. The summed E-state index contributed by atoms with van der Waals surface area (Å²) in [6, 6.07) is 12.7. The zero-order chi connectivity index (χ0) is 13.0. The lowest BCUT2D eigenvalue weighted by molar-refractivity contribution is -0.109. The minimum atomic E-state index is 0.161. The van der Waals surface area contributed by atoms with Crippen LogP contribution >= 0.6 is 11.8 Å². The molecule has 0 N–H and O–H groups in total. The van der Waals surface area contributed by atoms with Gasteiger partial charge in [-0.3, -0.25) is 4.79 Å². The molecule has 0 aliphatic rings. The first-order valence-corrected chi connectivity index (χ1v) is 6.95. The van der Waals surface area contributed by atoms with Gasteiger partial charge in [-0.15, -0.1) is 0 Å². The Balaban J connectivity index is 2.29. The van der Waals surface area contributed by atoms with Gasteiger partial charge < -0.3 is 0 Å². The molecule has 0 aliphatic heterocycles. The van der Waals surface area contributed by atoms with E-state index < -0.39 is 0 Å². The number of fused-ring (bicyclic) bond motifs is 1. The van der Waals surface area contributed by atoms with Crippen molar-refractivity contribution in [2.24, 2.45) is 0 Å². The molecule has 0 atom stereocenters. The molecule has 2 heteroatoms. The predicted molar refractivity (Wildman–Crippen MR) is 80.9 cm³/mol. The topological polar surface area (TPSA) is 17.1 Å². The third-order valence-electron chi connectivity index (χ3n) is 2.86. The maximum Gasteiger partial charge on any atom is 0.186 e. The van der Waals surface area contributed by atoms with Crippen molar-refractivity contribution in [2.45, 2.75) is 13.8 Å². The van der Waals surface area contributed by atoms with Crippen LogP contribution in [-0.4, -0.2) is 10.9 Å². The Morgan fingerprint density at radius 2 is 1.89 bits per heavy atom. The highest BCUT2D eigenvalue weighted by Gasteiger charge is 2.00. The second-order valence-electron chi connectivity index (χ2n) is 4.22. The molecule has 0 amide bonds. The summed E-state index contributed by atoms with van der Waals surface area (Å²) in [5.41, 5.74) is 2.50. The van der Waals surface area contributed by atoms with Crippen LogP contribution in [0, 0.1) is 6.92 Å². The van der Waals surface area contributed by atoms with Crippen molar-refractivity contribution in [3.63, 3.8) is 0 Å². The molecule has 0 bridgehead atoms. The van der Waals surface area contributed by atoms with Crippen LogP contribution in [0.25, 0.3) is 16.8 Å². The third-order valence-corrected chi connectivity index (χ3v) is 3.62. The largest absolute Gasteiger partial charge is 0.288 e. The van der Waals surface area contributed by atoms with Crippen molar-refractivity contribution >= 4 is 33.7 Å². The van der Waals surface area contributed by atoms with Crippen molar-refractivity contribution < 1.29 is 4.79 Å². The Morgan fingerprint density at radius 3 is 2.61 bits per heavy atom. The smallest absolute Gasteiger partial charge is 0.186 e. The van der Waals surface area contributed by atoms with E-state index in [-0.39, 0.29) is 5.12 Å². The van der Waals surface area contributed by atoms with Gasteiger partial charge in [-0.1, -0.05) is 60.3 Å². The minimum Gasteiger partial charge on any atom is -0.288 e. The summed E-state index contributed by atoms with van der Waals surface area (Å²) in [7, 11) is 0. The molecule has 0 heterocycles. The second kappa shape index (κ2) is 5.87. The lowest BCUT2D eigenvalue weighted by Crippen LogP contribution is -1.84. The molecule has 0 aliphatic carbocycles. The molecule has 0 fully saturated rings. The fourth-order valence-electron chi connectivity index (χ4n) is 1.96. The Kier molecular flexibility index (Phi) is 4.21. The van der Waals surface area contributed by atoms with E-state index in [1.807, 2.05) is 6.08 Å². The fourth-order valence-corrected chi connectivity index (χ4v) is 2.39. The van der Waals surface area contributed by atoms with Gasteiger partial charge in [-0.05, 0) is 28.8 Å². The Morgan fingerprint density at radius 1 is 1.17 bits per heavy atom. The van der Waals surface area contributed by atoms with E-state index in [2.05, 4.69) is 49.4 Å². The summed E-state index contributed by atoms with van der Waals surface area (Å²) in [5, 5.41) is 2.72. The third kappa shape index (κ3) is 3.02. The fraction of sp³-hybridized carbons (Fsp3) is 0.188. The summed E-state index contributed by atoms with van der Waals surface area (Å²) >= 11 is 1.33. The average Bonchev–Trinajstić information content (AvgIpc) is 2.37. The normalized spacial score (nSPS) is 11.2. The van der Waals surface area contributed by atoms with Gasteiger partial charge in [0.15, 0.2) is 5.12 Å². The molecule has 2 aromatic rings. The summed E-state index contributed by atoms with van der Waals surface area (Å²) < 4.78 is 0. The average molecular weight is 256 g/mol. The summed E-state index contributed by atoms with van der Waals surface area (Å²) in [5.74, 6) is 0.734. The highest BCUT2D eigenvalue weighted by atomic mass is 32.2. The molecule has 2 rings (SSSR count). The van der Waals surface area contributed by atoms with Gasteiger partial charge in [0.2, 0.25) is 0 Å². The zero-order valence-corrected chi connectivity index (χ0v) is 11.5. The quantitative estimate of drug-likeness (QED) is 0.807. The number of aryl methyl sites for hydroxylation is 1. The highest BCUT2D eigenvalue weighted by Crippen LogP contribution is 2.23. The van der Waals surface area contributed by atoms with E-state index in [0.29, 0.717) is 0 Å². The van der Waals surface area contributed by atoms with Crippen LogP contribution in [0.1, 0.15) is 18.1 Å². The van der Waals surface area contributed by atoms with Gasteiger partial charge in [0.1, 0.15) is 0 Å². The molecule has 2 aromatic carbocycles. The standard InChI is InChI=1S/C16H16OS/c1-12-9-10-14(6-5-11-18-13(2)17)16-8-4-3-7-15(12)16/h3-10H,11H2,1-2H3. The van der Waals surface area contributed by atoms with Gasteiger partial charge in [0.05, 0.1) is 0 Å². The lowest BCUT2D eigenvalue weighted by Gasteiger charge is -2.05. The van der Waals surface area contributed by atoms with Crippen LogP contribution in [0.15, 0.2) is 42.5 Å². The Hall–Kier alpha value is -1.54. The van der Waals surface area contributed by atoms with Gasteiger partial charge in [-0.25, -0.2) is 0 Å². The maximum absolute atomic E-state index is 10.8. The van der Waals surface area contributed by atoms with E-state index in [1.165, 1.54) is 33.7 Å². The van der Waals surface area contributed by atoms with Crippen molar-refractivity contribution in [3.05, 3.63) is 53.6 Å². The van der Waals surface area contributed by atoms with Crippen molar-refractivity contribution in [1.82, 2.24) is 0 Å². The molecular formula is C16H16OS. The van der Waals surface area contributed by atoms with Crippen LogP contribution in [0.2, 0.25) is 0 Å². The lowest BCUT2D eigenvalue weighted by atomic mass is 10.0. The van der Waals surface area contributed by atoms with Crippen LogP contribution in [0.3, 0.4) is 0 Å².